The number of benzene rings is 1. The molecule has 96 valence electrons. The first-order valence-corrected chi connectivity index (χ1v) is 7.14. The highest BCUT2D eigenvalue weighted by molar-refractivity contribution is 7.90. The number of ether oxygens (including phenoxy) is 2. The van der Waals surface area contributed by atoms with Crippen LogP contribution in [0.15, 0.2) is 29.2 Å². The van der Waals surface area contributed by atoms with Crippen LogP contribution in [0.2, 0.25) is 0 Å². The van der Waals surface area contributed by atoms with E-state index in [0.717, 1.165) is 6.26 Å². The van der Waals surface area contributed by atoms with E-state index in [9.17, 15) is 8.42 Å². The van der Waals surface area contributed by atoms with Crippen molar-refractivity contribution < 1.29 is 17.9 Å². The number of rotatable bonds is 7. The number of hydrogen-bond acceptors (Lipinski definition) is 5. The first-order chi connectivity index (χ1) is 8.04. The lowest BCUT2D eigenvalue weighted by Gasteiger charge is -2.07. The number of sulfone groups is 1. The molecule has 0 aliphatic rings. The van der Waals surface area contributed by atoms with Gasteiger partial charge in [0.2, 0.25) is 0 Å². The molecule has 0 aliphatic carbocycles. The number of nitrogens with two attached hydrogens (primary N) is 1. The minimum atomic E-state index is -3.19. The minimum absolute atomic E-state index is 0.248. The molecule has 1 rings (SSSR count). The van der Waals surface area contributed by atoms with Crippen LogP contribution in [0.3, 0.4) is 0 Å². The molecule has 0 aromatic heterocycles. The zero-order chi connectivity index (χ0) is 12.7. The topological polar surface area (TPSA) is 78.6 Å². The van der Waals surface area contributed by atoms with E-state index >= 15 is 0 Å². The summed E-state index contributed by atoms with van der Waals surface area (Å²) in [5.74, 6) is 0.518. The van der Waals surface area contributed by atoms with E-state index in [1.54, 1.807) is 12.1 Å². The maximum atomic E-state index is 11.3. The second-order valence-electron chi connectivity index (χ2n) is 3.50. The Labute approximate surface area is 101 Å². The van der Waals surface area contributed by atoms with Gasteiger partial charge in [0, 0.05) is 12.8 Å². The summed E-state index contributed by atoms with van der Waals surface area (Å²) in [5.41, 5.74) is 5.26. The van der Waals surface area contributed by atoms with Crippen molar-refractivity contribution in [2.45, 2.75) is 4.90 Å². The van der Waals surface area contributed by atoms with Crippen molar-refractivity contribution in [1.82, 2.24) is 0 Å². The van der Waals surface area contributed by atoms with E-state index in [2.05, 4.69) is 0 Å². The van der Waals surface area contributed by atoms with Gasteiger partial charge in [0.25, 0.3) is 0 Å². The van der Waals surface area contributed by atoms with Crippen molar-refractivity contribution >= 4 is 9.84 Å². The molecule has 6 heteroatoms. The predicted octanol–water partition coefficient (Wildman–Crippen LogP) is 0.444. The Morgan fingerprint density at radius 2 is 2.00 bits per heavy atom. The van der Waals surface area contributed by atoms with Crippen LogP contribution in [0.5, 0.6) is 5.75 Å². The number of hydrogen-bond donors (Lipinski definition) is 1. The lowest BCUT2D eigenvalue weighted by atomic mass is 10.3. The van der Waals surface area contributed by atoms with Crippen molar-refractivity contribution in [1.29, 1.82) is 0 Å². The van der Waals surface area contributed by atoms with Gasteiger partial charge in [0.05, 0.1) is 18.1 Å². The van der Waals surface area contributed by atoms with Crippen molar-refractivity contribution in [3.63, 3.8) is 0 Å². The molecular weight excluding hydrogens is 242 g/mol. The van der Waals surface area contributed by atoms with E-state index in [-0.39, 0.29) is 4.90 Å². The van der Waals surface area contributed by atoms with E-state index < -0.39 is 9.84 Å². The maximum absolute atomic E-state index is 11.3. The van der Waals surface area contributed by atoms with Gasteiger partial charge in [0.15, 0.2) is 9.84 Å². The summed E-state index contributed by atoms with van der Waals surface area (Å²) < 4.78 is 33.1. The second-order valence-corrected chi connectivity index (χ2v) is 5.51. The van der Waals surface area contributed by atoms with Gasteiger partial charge in [-0.25, -0.2) is 8.42 Å². The normalized spacial score (nSPS) is 11.4. The quantitative estimate of drug-likeness (QED) is 0.719. The fourth-order valence-electron chi connectivity index (χ4n) is 1.20. The predicted molar refractivity (Wildman–Crippen MR) is 64.9 cm³/mol. The Balaban J connectivity index is 2.49. The highest BCUT2D eigenvalue weighted by atomic mass is 32.2. The molecule has 0 radical (unpaired) electrons. The van der Waals surface area contributed by atoms with Gasteiger partial charge in [-0.05, 0) is 18.2 Å². The zero-order valence-corrected chi connectivity index (χ0v) is 10.6. The molecule has 0 unspecified atom stereocenters. The maximum Gasteiger partial charge on any atom is 0.175 e. The fraction of sp³-hybridized carbons (Fsp3) is 0.455. The lowest BCUT2D eigenvalue weighted by molar-refractivity contribution is 0.106. The summed E-state index contributed by atoms with van der Waals surface area (Å²) in [5, 5.41) is 0. The first kappa shape index (κ1) is 14.0. The van der Waals surface area contributed by atoms with Gasteiger partial charge >= 0.3 is 0 Å². The van der Waals surface area contributed by atoms with Crippen molar-refractivity contribution in [3.05, 3.63) is 24.3 Å². The van der Waals surface area contributed by atoms with Gasteiger partial charge in [-0.15, -0.1) is 0 Å². The Morgan fingerprint density at radius 1 is 1.24 bits per heavy atom. The van der Waals surface area contributed by atoms with Crippen LogP contribution in [-0.2, 0) is 14.6 Å². The molecule has 0 heterocycles. The highest BCUT2D eigenvalue weighted by Crippen LogP contribution is 2.17. The van der Waals surface area contributed by atoms with Crippen molar-refractivity contribution in [2.75, 3.05) is 32.6 Å². The fourth-order valence-corrected chi connectivity index (χ4v) is 1.85. The van der Waals surface area contributed by atoms with Crippen LogP contribution in [0.25, 0.3) is 0 Å². The highest BCUT2D eigenvalue weighted by Gasteiger charge is 2.07. The molecular formula is C11H17NO4S. The average Bonchev–Trinajstić information content (AvgIpc) is 2.28. The summed E-state index contributed by atoms with van der Waals surface area (Å²) in [6.07, 6.45) is 1.16. The molecule has 1 aromatic carbocycles. The van der Waals surface area contributed by atoms with Gasteiger partial charge in [-0.2, -0.15) is 0 Å². The smallest absolute Gasteiger partial charge is 0.175 e. The van der Waals surface area contributed by atoms with Crippen LogP contribution >= 0.6 is 0 Å². The summed E-state index contributed by atoms with van der Waals surface area (Å²) in [6.45, 7) is 1.77. The Kier molecular flexibility index (Phi) is 5.40. The van der Waals surface area contributed by atoms with Crippen LogP contribution in [0.4, 0.5) is 0 Å². The molecule has 0 fully saturated rings. The van der Waals surface area contributed by atoms with Gasteiger partial charge in [-0.1, -0.05) is 6.07 Å². The third-order valence-electron chi connectivity index (χ3n) is 1.99. The van der Waals surface area contributed by atoms with Crippen LogP contribution in [-0.4, -0.2) is 41.0 Å². The van der Waals surface area contributed by atoms with E-state index in [1.165, 1.54) is 12.1 Å². The second kappa shape index (κ2) is 6.58. The summed E-state index contributed by atoms with van der Waals surface area (Å²) in [6, 6.07) is 6.38. The SMILES string of the molecule is CS(=O)(=O)c1cccc(OCCOCCN)c1. The van der Waals surface area contributed by atoms with E-state index in [0.29, 0.717) is 32.1 Å². The van der Waals surface area contributed by atoms with E-state index in [1.807, 2.05) is 0 Å². The summed E-state index contributed by atoms with van der Waals surface area (Å²) in [4.78, 5) is 0.248. The van der Waals surface area contributed by atoms with Gasteiger partial charge < -0.3 is 15.2 Å². The molecule has 17 heavy (non-hydrogen) atoms. The van der Waals surface area contributed by atoms with Gasteiger partial charge in [0.1, 0.15) is 12.4 Å². The molecule has 1 aromatic rings. The molecule has 2 N–H and O–H groups in total. The molecule has 0 saturated heterocycles. The largest absolute Gasteiger partial charge is 0.491 e. The van der Waals surface area contributed by atoms with Crippen LogP contribution < -0.4 is 10.5 Å². The monoisotopic (exact) mass is 259 g/mol. The van der Waals surface area contributed by atoms with Crippen LogP contribution in [0, 0.1) is 0 Å². The summed E-state index contributed by atoms with van der Waals surface area (Å²) >= 11 is 0. The van der Waals surface area contributed by atoms with Crippen LogP contribution in [0.1, 0.15) is 0 Å². The molecule has 0 spiro atoms. The lowest BCUT2D eigenvalue weighted by Crippen LogP contribution is -2.13. The van der Waals surface area contributed by atoms with Crippen molar-refractivity contribution in [3.8, 4) is 5.75 Å². The minimum Gasteiger partial charge on any atom is -0.491 e. The van der Waals surface area contributed by atoms with Gasteiger partial charge in [-0.3, -0.25) is 0 Å². The molecule has 0 saturated carbocycles. The molecule has 0 bridgehead atoms. The molecule has 0 aliphatic heterocycles. The molecule has 0 atom stereocenters. The van der Waals surface area contributed by atoms with E-state index in [4.69, 9.17) is 15.2 Å². The Morgan fingerprint density at radius 3 is 2.65 bits per heavy atom. The third-order valence-corrected chi connectivity index (χ3v) is 3.10. The standard InChI is InChI=1S/C11H17NO4S/c1-17(13,14)11-4-2-3-10(9-11)16-8-7-15-6-5-12/h2-4,9H,5-8,12H2,1H3. The average molecular weight is 259 g/mol. The molecule has 0 amide bonds. The third kappa shape index (κ3) is 5.16. The Hall–Kier alpha value is -1.11. The summed E-state index contributed by atoms with van der Waals surface area (Å²) in [7, 11) is -3.19. The first-order valence-electron chi connectivity index (χ1n) is 5.25. The van der Waals surface area contributed by atoms with Crippen molar-refractivity contribution in [2.24, 2.45) is 5.73 Å². The Bertz CT molecular complexity index is 445. The molecule has 5 nitrogen and oxygen atoms in total. The zero-order valence-electron chi connectivity index (χ0n) is 9.76.